The zero-order valence-corrected chi connectivity index (χ0v) is 9.96. The van der Waals surface area contributed by atoms with Gasteiger partial charge in [-0.05, 0) is 32.4 Å². The Morgan fingerprint density at radius 1 is 1.62 bits per heavy atom. The molecular weight excluding hydrogens is 205 g/mol. The van der Waals surface area contributed by atoms with E-state index in [-0.39, 0.29) is 18.3 Å². The minimum atomic E-state index is -0.911. The summed E-state index contributed by atoms with van der Waals surface area (Å²) in [7, 11) is 0. The van der Waals surface area contributed by atoms with Gasteiger partial charge in [0.2, 0.25) is 0 Å². The zero-order chi connectivity index (χ0) is 11.8. The van der Waals surface area contributed by atoms with E-state index in [0.717, 1.165) is 19.4 Å². The first kappa shape index (κ1) is 11.8. The van der Waals surface area contributed by atoms with Crippen molar-refractivity contribution in [2.75, 3.05) is 6.54 Å². The molecule has 3 heteroatoms. The third-order valence-electron chi connectivity index (χ3n) is 4.17. The van der Waals surface area contributed by atoms with Gasteiger partial charge in [0.25, 0.3) is 0 Å². The highest BCUT2D eigenvalue weighted by Gasteiger charge is 2.48. The maximum Gasteiger partial charge on any atom is 0.101 e. The summed E-state index contributed by atoms with van der Waals surface area (Å²) in [6.45, 7) is 4.69. The molecule has 0 saturated carbocycles. The number of aliphatic hydroxyl groups is 1. The number of nitrogens with one attached hydrogen (secondary N) is 1. The summed E-state index contributed by atoms with van der Waals surface area (Å²) in [4.78, 5) is 0. The van der Waals surface area contributed by atoms with Crippen molar-refractivity contribution in [2.45, 2.75) is 44.8 Å². The van der Waals surface area contributed by atoms with Gasteiger partial charge in [-0.25, -0.2) is 4.39 Å². The molecule has 2 rings (SSSR count). The van der Waals surface area contributed by atoms with Gasteiger partial charge in [-0.1, -0.05) is 19.1 Å². The summed E-state index contributed by atoms with van der Waals surface area (Å²) >= 11 is 0. The van der Waals surface area contributed by atoms with Crippen LogP contribution in [0.25, 0.3) is 0 Å². The Morgan fingerprint density at radius 3 is 2.94 bits per heavy atom. The summed E-state index contributed by atoms with van der Waals surface area (Å²) < 4.78 is 13.4. The van der Waals surface area contributed by atoms with Crippen LogP contribution >= 0.6 is 0 Å². The lowest BCUT2D eigenvalue weighted by molar-refractivity contribution is -0.0631. The molecule has 2 aliphatic rings. The van der Waals surface area contributed by atoms with Crippen molar-refractivity contribution in [2.24, 2.45) is 5.41 Å². The summed E-state index contributed by atoms with van der Waals surface area (Å²) in [5.41, 5.74) is -1.43. The molecule has 2 nitrogen and oxygen atoms in total. The second-order valence-electron chi connectivity index (χ2n) is 5.36. The smallest absolute Gasteiger partial charge is 0.101 e. The molecule has 0 aromatic rings. The lowest BCUT2D eigenvalue weighted by Gasteiger charge is -2.45. The van der Waals surface area contributed by atoms with E-state index in [9.17, 15) is 9.50 Å². The minimum absolute atomic E-state index is 0.0630. The van der Waals surface area contributed by atoms with Crippen molar-refractivity contribution in [1.82, 2.24) is 5.32 Å². The van der Waals surface area contributed by atoms with Crippen LogP contribution in [0.5, 0.6) is 0 Å². The summed E-state index contributed by atoms with van der Waals surface area (Å²) in [5, 5.41) is 14.0. The molecule has 0 bridgehead atoms. The predicted molar refractivity (Wildman–Crippen MR) is 62.7 cm³/mol. The first-order valence-electron chi connectivity index (χ1n) is 5.95. The number of halogens is 1. The van der Waals surface area contributed by atoms with Crippen LogP contribution in [-0.4, -0.2) is 23.3 Å². The fourth-order valence-electron chi connectivity index (χ4n) is 2.74. The molecule has 1 fully saturated rings. The second-order valence-corrected chi connectivity index (χ2v) is 5.36. The Labute approximate surface area is 96.2 Å². The highest BCUT2D eigenvalue weighted by molar-refractivity contribution is 5.24. The summed E-state index contributed by atoms with van der Waals surface area (Å²) in [6, 6.07) is 0.0630. The monoisotopic (exact) mass is 225 g/mol. The van der Waals surface area contributed by atoms with Crippen molar-refractivity contribution in [1.29, 1.82) is 0 Å². The standard InChI is InChI=1S/C13H20FNO/c1-12(7-3-5-10(14)9-12)13(2,16)11-6-4-8-15-11/h3,5,7,11,15-16H,4,6,8-9H2,1-2H3/t11-,12?,13-/m0/s1. The molecule has 0 spiro atoms. The first-order valence-corrected chi connectivity index (χ1v) is 5.95. The van der Waals surface area contributed by atoms with E-state index in [1.54, 1.807) is 6.08 Å². The van der Waals surface area contributed by atoms with Crippen molar-refractivity contribution in [3.05, 3.63) is 24.1 Å². The number of allylic oxidation sites excluding steroid dienone is 3. The highest BCUT2D eigenvalue weighted by Crippen LogP contribution is 2.44. The van der Waals surface area contributed by atoms with E-state index in [1.807, 2.05) is 19.9 Å². The van der Waals surface area contributed by atoms with Crippen molar-refractivity contribution < 1.29 is 9.50 Å². The van der Waals surface area contributed by atoms with E-state index in [4.69, 9.17) is 0 Å². The molecule has 1 aliphatic carbocycles. The minimum Gasteiger partial charge on any atom is -0.388 e. The van der Waals surface area contributed by atoms with Crippen LogP contribution in [0.2, 0.25) is 0 Å². The molecule has 1 heterocycles. The largest absolute Gasteiger partial charge is 0.388 e. The second kappa shape index (κ2) is 3.97. The zero-order valence-electron chi connectivity index (χ0n) is 9.96. The van der Waals surface area contributed by atoms with Crippen LogP contribution in [0.1, 0.15) is 33.1 Å². The Bertz CT molecular complexity index is 329. The number of rotatable bonds is 2. The third kappa shape index (κ3) is 1.82. The van der Waals surface area contributed by atoms with Gasteiger partial charge in [-0.2, -0.15) is 0 Å². The van der Waals surface area contributed by atoms with Gasteiger partial charge in [0.1, 0.15) is 5.83 Å². The molecule has 0 amide bonds. The van der Waals surface area contributed by atoms with Gasteiger partial charge in [0.05, 0.1) is 5.60 Å². The Balaban J connectivity index is 2.22. The number of hydrogen-bond acceptors (Lipinski definition) is 2. The van der Waals surface area contributed by atoms with Crippen LogP contribution in [0.3, 0.4) is 0 Å². The molecule has 1 saturated heterocycles. The number of hydrogen-bond donors (Lipinski definition) is 2. The van der Waals surface area contributed by atoms with Gasteiger partial charge in [0, 0.05) is 17.9 Å². The fraction of sp³-hybridized carbons (Fsp3) is 0.692. The maximum absolute atomic E-state index is 13.4. The van der Waals surface area contributed by atoms with Crippen LogP contribution in [0.15, 0.2) is 24.1 Å². The SMILES string of the molecule is CC1([C@@](C)(O)[C@@H]2CCCN2)C=CC=C(F)C1. The van der Waals surface area contributed by atoms with Crippen molar-refractivity contribution in [3.63, 3.8) is 0 Å². The Kier molecular flexibility index (Phi) is 2.93. The molecule has 0 aromatic carbocycles. The molecule has 1 aliphatic heterocycles. The average Bonchev–Trinajstić information content (AvgIpc) is 2.69. The lowest BCUT2D eigenvalue weighted by atomic mass is 9.66. The van der Waals surface area contributed by atoms with Gasteiger partial charge in [0.15, 0.2) is 0 Å². The van der Waals surface area contributed by atoms with E-state index >= 15 is 0 Å². The van der Waals surface area contributed by atoms with Crippen molar-refractivity contribution in [3.8, 4) is 0 Å². The first-order chi connectivity index (χ1) is 7.46. The molecule has 1 unspecified atom stereocenters. The van der Waals surface area contributed by atoms with Crippen molar-refractivity contribution >= 4 is 0 Å². The lowest BCUT2D eigenvalue weighted by Crippen LogP contribution is -2.55. The quantitative estimate of drug-likeness (QED) is 0.756. The molecular formula is C13H20FNO. The molecule has 16 heavy (non-hydrogen) atoms. The van der Waals surface area contributed by atoms with Crippen LogP contribution in [0, 0.1) is 5.41 Å². The van der Waals surface area contributed by atoms with Gasteiger partial charge < -0.3 is 10.4 Å². The van der Waals surface area contributed by atoms with Crippen LogP contribution < -0.4 is 5.32 Å². The topological polar surface area (TPSA) is 32.3 Å². The molecule has 2 N–H and O–H groups in total. The average molecular weight is 225 g/mol. The third-order valence-corrected chi connectivity index (χ3v) is 4.17. The van der Waals surface area contributed by atoms with Gasteiger partial charge >= 0.3 is 0 Å². The van der Waals surface area contributed by atoms with Gasteiger partial charge in [-0.15, -0.1) is 0 Å². The summed E-state index contributed by atoms with van der Waals surface area (Å²) in [5.74, 6) is -0.150. The summed E-state index contributed by atoms with van der Waals surface area (Å²) in [6.07, 6.45) is 7.44. The molecule has 3 atom stereocenters. The molecule has 0 radical (unpaired) electrons. The van der Waals surface area contributed by atoms with Gasteiger partial charge in [-0.3, -0.25) is 0 Å². The Morgan fingerprint density at radius 2 is 2.38 bits per heavy atom. The van der Waals surface area contributed by atoms with Crippen LogP contribution in [-0.2, 0) is 0 Å². The maximum atomic E-state index is 13.4. The highest BCUT2D eigenvalue weighted by atomic mass is 19.1. The Hall–Kier alpha value is -0.670. The normalized spacial score (nSPS) is 38.2. The van der Waals surface area contributed by atoms with E-state index in [2.05, 4.69) is 5.32 Å². The van der Waals surface area contributed by atoms with Crippen LogP contribution in [0.4, 0.5) is 4.39 Å². The molecule has 90 valence electrons. The molecule has 0 aromatic heterocycles. The van der Waals surface area contributed by atoms with E-state index in [1.165, 1.54) is 6.08 Å². The fourth-order valence-corrected chi connectivity index (χ4v) is 2.74. The van der Waals surface area contributed by atoms with E-state index < -0.39 is 11.0 Å². The van der Waals surface area contributed by atoms with E-state index in [0.29, 0.717) is 0 Å². The predicted octanol–water partition coefficient (Wildman–Crippen LogP) is 2.31.